The molecule has 3 rings (SSSR count). The summed E-state index contributed by atoms with van der Waals surface area (Å²) in [5.74, 6) is 0.936. The molecule has 5 N–H and O–H groups in total. The zero-order valence-corrected chi connectivity index (χ0v) is 17.8. The molecule has 7 nitrogen and oxygen atoms in total. The Bertz CT molecular complexity index is 881. The van der Waals surface area contributed by atoms with E-state index in [1.54, 1.807) is 6.07 Å². The van der Waals surface area contributed by atoms with E-state index in [1.807, 2.05) is 6.92 Å². The van der Waals surface area contributed by atoms with Crippen LogP contribution in [0.25, 0.3) is 11.3 Å². The summed E-state index contributed by atoms with van der Waals surface area (Å²) in [7, 11) is 0. The Hall–Kier alpha value is -1.67. The quantitative estimate of drug-likeness (QED) is 0.645. The number of rotatable bonds is 4. The molecule has 9 heteroatoms. The lowest BCUT2D eigenvalue weighted by Crippen LogP contribution is -2.47. The predicted molar refractivity (Wildman–Crippen MR) is 114 cm³/mol. The van der Waals surface area contributed by atoms with Crippen molar-refractivity contribution in [2.45, 2.75) is 46.3 Å². The molecule has 28 heavy (non-hydrogen) atoms. The van der Waals surface area contributed by atoms with Gasteiger partial charge in [0.15, 0.2) is 11.0 Å². The van der Waals surface area contributed by atoms with E-state index in [1.165, 1.54) is 0 Å². The highest BCUT2D eigenvalue weighted by molar-refractivity contribution is 6.43. The number of aliphatic hydroxyl groups is 1. The van der Waals surface area contributed by atoms with Gasteiger partial charge in [-0.2, -0.15) is 0 Å². The molecule has 0 aromatic carbocycles. The van der Waals surface area contributed by atoms with Crippen molar-refractivity contribution >= 4 is 34.8 Å². The van der Waals surface area contributed by atoms with E-state index in [0.29, 0.717) is 28.5 Å². The van der Waals surface area contributed by atoms with Gasteiger partial charge in [-0.1, -0.05) is 30.1 Å². The Kier molecular flexibility index (Phi) is 6.00. The average Bonchev–Trinajstić information content (AvgIpc) is 2.65. The Morgan fingerprint density at radius 3 is 2.46 bits per heavy atom. The molecular weight excluding hydrogens is 399 g/mol. The number of aromatic nitrogens is 3. The van der Waals surface area contributed by atoms with Gasteiger partial charge in [0, 0.05) is 24.7 Å². The third-order valence-corrected chi connectivity index (χ3v) is 6.52. The van der Waals surface area contributed by atoms with Crippen LogP contribution < -0.4 is 16.4 Å². The maximum Gasteiger partial charge on any atom is 0.153 e. The molecule has 0 spiro atoms. The SMILES string of the molecule is Cc1nc(N2CCC(C)(C(C)N)CC2)c(CO)nc1-c1cc(N)nc(Cl)c1Cl. The maximum atomic E-state index is 9.94. The van der Waals surface area contributed by atoms with Crippen LogP contribution >= 0.6 is 23.2 Å². The molecule has 152 valence electrons. The van der Waals surface area contributed by atoms with Crippen molar-refractivity contribution in [2.24, 2.45) is 11.1 Å². The molecule has 1 aliphatic heterocycles. The van der Waals surface area contributed by atoms with Crippen LogP contribution in [-0.4, -0.2) is 39.2 Å². The summed E-state index contributed by atoms with van der Waals surface area (Å²) < 4.78 is 0. The molecule has 1 unspecified atom stereocenters. The van der Waals surface area contributed by atoms with Crippen molar-refractivity contribution in [1.29, 1.82) is 0 Å². The van der Waals surface area contributed by atoms with Crippen LogP contribution in [0.5, 0.6) is 0 Å². The summed E-state index contributed by atoms with van der Waals surface area (Å²) in [6.45, 7) is 7.53. The molecule has 3 heterocycles. The molecule has 1 aliphatic rings. The van der Waals surface area contributed by atoms with Gasteiger partial charge in [-0.15, -0.1) is 0 Å². The number of hydrogen-bond donors (Lipinski definition) is 3. The number of aliphatic hydroxyl groups excluding tert-OH is 1. The van der Waals surface area contributed by atoms with Crippen molar-refractivity contribution in [3.8, 4) is 11.3 Å². The molecule has 0 radical (unpaired) electrons. The smallest absolute Gasteiger partial charge is 0.153 e. The van der Waals surface area contributed by atoms with E-state index in [2.05, 4.69) is 28.7 Å². The number of halogens is 2. The topological polar surface area (TPSA) is 114 Å². The minimum absolute atomic E-state index is 0.108. The van der Waals surface area contributed by atoms with Crippen LogP contribution in [0.4, 0.5) is 11.6 Å². The Labute approximate surface area is 175 Å². The molecule has 0 aliphatic carbocycles. The lowest BCUT2D eigenvalue weighted by Gasteiger charge is -2.42. The zero-order valence-electron chi connectivity index (χ0n) is 16.3. The van der Waals surface area contributed by atoms with Crippen LogP contribution in [0.1, 0.15) is 38.1 Å². The molecule has 1 atom stereocenters. The molecule has 1 saturated heterocycles. The van der Waals surface area contributed by atoms with Gasteiger partial charge in [-0.25, -0.2) is 15.0 Å². The standard InChI is InChI=1S/C19H26Cl2N6O/c1-10-16(12-8-14(23)26-17(21)15(12)20)25-13(9-28)18(24-10)27-6-4-19(3,5-7-27)11(2)22/h8,11,28H,4-7,9,22H2,1-3H3,(H2,23,26). The number of aryl methyl sites for hydroxylation is 1. The molecule has 2 aromatic heterocycles. The fraction of sp³-hybridized carbons (Fsp3) is 0.526. The van der Waals surface area contributed by atoms with Crippen LogP contribution in [0, 0.1) is 12.3 Å². The van der Waals surface area contributed by atoms with Gasteiger partial charge in [0.25, 0.3) is 0 Å². The third-order valence-electron chi connectivity index (χ3n) is 5.77. The summed E-state index contributed by atoms with van der Waals surface area (Å²) in [6, 6.07) is 1.74. The lowest BCUT2D eigenvalue weighted by atomic mass is 9.75. The van der Waals surface area contributed by atoms with Crippen molar-refractivity contribution in [2.75, 3.05) is 23.7 Å². The predicted octanol–water partition coefficient (Wildman–Crippen LogP) is 3.18. The van der Waals surface area contributed by atoms with Crippen molar-refractivity contribution in [1.82, 2.24) is 15.0 Å². The summed E-state index contributed by atoms with van der Waals surface area (Å²) in [6.07, 6.45) is 1.92. The Morgan fingerprint density at radius 1 is 1.25 bits per heavy atom. The molecular formula is C19H26Cl2N6O. The lowest BCUT2D eigenvalue weighted by molar-refractivity contribution is 0.204. The second kappa shape index (κ2) is 7.99. The zero-order chi connectivity index (χ0) is 20.6. The van der Waals surface area contributed by atoms with E-state index >= 15 is 0 Å². The Morgan fingerprint density at radius 2 is 1.89 bits per heavy atom. The Balaban J connectivity index is 1.98. The highest BCUT2D eigenvalue weighted by Crippen LogP contribution is 2.38. The number of hydrogen-bond acceptors (Lipinski definition) is 7. The van der Waals surface area contributed by atoms with Gasteiger partial charge in [-0.05, 0) is 38.2 Å². The summed E-state index contributed by atoms with van der Waals surface area (Å²) >= 11 is 12.4. The van der Waals surface area contributed by atoms with Gasteiger partial charge in [0.2, 0.25) is 0 Å². The molecule has 0 amide bonds. The van der Waals surface area contributed by atoms with Gasteiger partial charge < -0.3 is 21.5 Å². The first-order chi connectivity index (χ1) is 13.2. The highest BCUT2D eigenvalue weighted by atomic mass is 35.5. The normalized spacial score (nSPS) is 17.6. The largest absolute Gasteiger partial charge is 0.390 e. The van der Waals surface area contributed by atoms with Gasteiger partial charge in [0.1, 0.15) is 11.5 Å². The van der Waals surface area contributed by atoms with E-state index < -0.39 is 0 Å². The van der Waals surface area contributed by atoms with E-state index in [4.69, 9.17) is 39.7 Å². The monoisotopic (exact) mass is 424 g/mol. The minimum atomic E-state index is -0.234. The second-order valence-corrected chi connectivity index (χ2v) is 8.45. The van der Waals surface area contributed by atoms with Crippen LogP contribution in [0.15, 0.2) is 6.07 Å². The molecule has 1 fully saturated rings. The van der Waals surface area contributed by atoms with Crippen LogP contribution in [0.3, 0.4) is 0 Å². The van der Waals surface area contributed by atoms with Gasteiger partial charge in [0.05, 0.1) is 23.0 Å². The summed E-state index contributed by atoms with van der Waals surface area (Å²) in [4.78, 5) is 15.5. The van der Waals surface area contributed by atoms with Crippen molar-refractivity contribution < 1.29 is 5.11 Å². The maximum absolute atomic E-state index is 9.94. The third kappa shape index (κ3) is 3.89. The van der Waals surface area contributed by atoms with Crippen LogP contribution in [-0.2, 0) is 6.61 Å². The number of pyridine rings is 1. The van der Waals surface area contributed by atoms with E-state index in [-0.39, 0.29) is 34.1 Å². The molecule has 0 saturated carbocycles. The first-order valence-electron chi connectivity index (χ1n) is 9.27. The summed E-state index contributed by atoms with van der Waals surface area (Å²) in [5.41, 5.74) is 14.3. The number of nitrogens with zero attached hydrogens (tertiary/aromatic N) is 4. The van der Waals surface area contributed by atoms with Crippen molar-refractivity contribution in [3.05, 3.63) is 27.6 Å². The van der Waals surface area contributed by atoms with Gasteiger partial charge >= 0.3 is 0 Å². The average molecular weight is 425 g/mol. The fourth-order valence-electron chi connectivity index (χ4n) is 3.53. The van der Waals surface area contributed by atoms with E-state index in [0.717, 1.165) is 25.9 Å². The number of nitrogens with two attached hydrogens (primary N) is 2. The fourth-order valence-corrected chi connectivity index (χ4v) is 3.92. The van der Waals surface area contributed by atoms with E-state index in [9.17, 15) is 5.11 Å². The van der Waals surface area contributed by atoms with Crippen molar-refractivity contribution in [3.63, 3.8) is 0 Å². The number of piperidine rings is 1. The van der Waals surface area contributed by atoms with Crippen LogP contribution in [0.2, 0.25) is 10.2 Å². The summed E-state index contributed by atoms with van der Waals surface area (Å²) in [5, 5.41) is 10.3. The minimum Gasteiger partial charge on any atom is -0.390 e. The van der Waals surface area contributed by atoms with Gasteiger partial charge in [-0.3, -0.25) is 0 Å². The number of nitrogen functional groups attached to an aromatic ring is 1. The first-order valence-corrected chi connectivity index (χ1v) is 10.0. The molecule has 2 aromatic rings. The first kappa shape index (κ1) is 21.0. The number of anilines is 2. The second-order valence-electron chi connectivity index (χ2n) is 7.72. The molecule has 0 bridgehead atoms. The highest BCUT2D eigenvalue weighted by Gasteiger charge is 2.34.